The SMILES string of the molecule is CPN1C2CC(N)CC1N2. The van der Waals surface area contributed by atoms with Gasteiger partial charge in [0, 0.05) is 6.04 Å². The summed E-state index contributed by atoms with van der Waals surface area (Å²) in [4.78, 5) is 0. The quantitative estimate of drug-likeness (QED) is 0.524. The Labute approximate surface area is 63.2 Å². The minimum Gasteiger partial charge on any atom is -0.327 e. The van der Waals surface area contributed by atoms with Gasteiger partial charge in [-0.25, -0.2) is 0 Å². The van der Waals surface area contributed by atoms with Crippen LogP contribution in [0.3, 0.4) is 0 Å². The molecule has 10 heavy (non-hydrogen) atoms. The highest BCUT2D eigenvalue weighted by Gasteiger charge is 2.42. The summed E-state index contributed by atoms with van der Waals surface area (Å²) in [7, 11) is 0.942. The Hall–Kier alpha value is 0.310. The highest BCUT2D eigenvalue weighted by molar-refractivity contribution is 7.34. The number of nitrogens with one attached hydrogen (secondary N) is 1. The molecule has 3 atom stereocenters. The number of nitrogens with two attached hydrogens (primary N) is 1. The van der Waals surface area contributed by atoms with Gasteiger partial charge in [-0.3, -0.25) is 9.99 Å². The minimum atomic E-state index is 0.448. The molecule has 0 radical (unpaired) electrons. The highest BCUT2D eigenvalue weighted by Crippen LogP contribution is 2.35. The van der Waals surface area contributed by atoms with Crippen molar-refractivity contribution >= 4 is 8.73 Å². The molecule has 0 aromatic carbocycles. The summed E-state index contributed by atoms with van der Waals surface area (Å²) in [6, 6.07) is 0.448. The molecule has 0 aromatic rings. The van der Waals surface area contributed by atoms with Gasteiger partial charge < -0.3 is 5.73 Å². The lowest BCUT2D eigenvalue weighted by molar-refractivity contribution is 0.00560. The number of rotatable bonds is 1. The molecule has 0 aromatic heterocycles. The zero-order valence-corrected chi connectivity index (χ0v) is 7.17. The van der Waals surface area contributed by atoms with E-state index in [9.17, 15) is 0 Å². The van der Waals surface area contributed by atoms with Crippen LogP contribution in [0.5, 0.6) is 0 Å². The Balaban J connectivity index is 1.96. The van der Waals surface area contributed by atoms with Gasteiger partial charge in [-0.2, -0.15) is 0 Å². The maximum atomic E-state index is 5.81. The number of piperidine rings is 2. The van der Waals surface area contributed by atoms with Gasteiger partial charge in [0.15, 0.2) is 0 Å². The molecule has 0 spiro atoms. The fourth-order valence-electron chi connectivity index (χ4n) is 1.86. The van der Waals surface area contributed by atoms with Crippen molar-refractivity contribution in [3.63, 3.8) is 0 Å². The summed E-state index contributed by atoms with van der Waals surface area (Å²) in [5.41, 5.74) is 5.81. The Kier molecular flexibility index (Phi) is 1.69. The molecule has 3 rings (SSSR count). The Morgan fingerprint density at radius 3 is 2.60 bits per heavy atom. The smallest absolute Gasteiger partial charge is 0.0672 e. The summed E-state index contributed by atoms with van der Waals surface area (Å²) < 4.78 is 2.50. The first-order valence-corrected chi connectivity index (χ1v) is 5.23. The molecule has 58 valence electrons. The number of nitrogens with zero attached hydrogens (tertiary/aromatic N) is 1. The van der Waals surface area contributed by atoms with Gasteiger partial charge in [-0.1, -0.05) is 8.73 Å². The maximum Gasteiger partial charge on any atom is 0.0672 e. The average Bonchev–Trinajstić information content (AvgIpc) is 1.87. The van der Waals surface area contributed by atoms with Crippen LogP contribution in [0.15, 0.2) is 0 Å². The topological polar surface area (TPSA) is 41.3 Å². The van der Waals surface area contributed by atoms with E-state index >= 15 is 0 Å². The molecular weight excluding hydrogens is 145 g/mol. The third-order valence-corrected chi connectivity index (χ3v) is 3.51. The lowest BCUT2D eigenvalue weighted by Crippen LogP contribution is -2.71. The van der Waals surface area contributed by atoms with Crippen LogP contribution in [0.1, 0.15) is 12.8 Å². The molecule has 3 fully saturated rings. The predicted octanol–water partition coefficient (Wildman–Crippen LogP) is -0.112. The zero-order valence-electron chi connectivity index (χ0n) is 6.17. The average molecular weight is 159 g/mol. The molecule has 3 unspecified atom stereocenters. The second kappa shape index (κ2) is 2.42. The van der Waals surface area contributed by atoms with Gasteiger partial charge in [0.05, 0.1) is 12.3 Å². The van der Waals surface area contributed by atoms with Crippen molar-refractivity contribution in [1.29, 1.82) is 0 Å². The molecule has 2 bridgehead atoms. The van der Waals surface area contributed by atoms with Gasteiger partial charge in [-0.05, 0) is 19.5 Å². The monoisotopic (exact) mass is 159 g/mol. The molecule has 0 aliphatic carbocycles. The van der Waals surface area contributed by atoms with E-state index in [1.54, 1.807) is 0 Å². The minimum absolute atomic E-state index is 0.448. The van der Waals surface area contributed by atoms with Crippen molar-refractivity contribution in [3.8, 4) is 0 Å². The second-order valence-corrected chi connectivity index (χ2v) is 4.02. The summed E-state index contributed by atoms with van der Waals surface area (Å²) >= 11 is 0. The Bertz CT molecular complexity index is 129. The molecule has 3 saturated heterocycles. The van der Waals surface area contributed by atoms with Crippen molar-refractivity contribution < 1.29 is 0 Å². The first-order chi connectivity index (χ1) is 4.81. The number of hydrogen-bond donors (Lipinski definition) is 2. The van der Waals surface area contributed by atoms with Crippen LogP contribution < -0.4 is 11.1 Å². The van der Waals surface area contributed by atoms with Gasteiger partial charge in [0.25, 0.3) is 0 Å². The standard InChI is InChI=1S/C6H14N3P/c1-10-9-5-2-4(7)3-6(9)8-5/h4-6,8,10H,2-3,7H2,1H3. The lowest BCUT2D eigenvalue weighted by atomic mass is 9.96. The summed E-state index contributed by atoms with van der Waals surface area (Å²) in [5, 5.41) is 3.46. The van der Waals surface area contributed by atoms with Crippen molar-refractivity contribution in [2.45, 2.75) is 31.2 Å². The summed E-state index contributed by atoms with van der Waals surface area (Å²) in [6.07, 6.45) is 3.49. The van der Waals surface area contributed by atoms with Crippen molar-refractivity contribution in [3.05, 3.63) is 0 Å². The molecule has 3 nitrogen and oxygen atoms in total. The van der Waals surface area contributed by atoms with Crippen molar-refractivity contribution in [1.82, 2.24) is 9.99 Å². The lowest BCUT2D eigenvalue weighted by Gasteiger charge is -2.55. The van der Waals surface area contributed by atoms with Crippen LogP contribution >= 0.6 is 8.73 Å². The normalized spacial score (nSPS) is 48.0. The Morgan fingerprint density at radius 1 is 1.50 bits per heavy atom. The fraction of sp³-hybridized carbons (Fsp3) is 1.00. The molecule has 0 amide bonds. The maximum absolute atomic E-state index is 5.81. The molecule has 3 aliphatic heterocycles. The molecule has 4 heteroatoms. The largest absolute Gasteiger partial charge is 0.327 e. The van der Waals surface area contributed by atoms with Gasteiger partial charge in [0.1, 0.15) is 0 Å². The van der Waals surface area contributed by atoms with Crippen LogP contribution in [-0.2, 0) is 0 Å². The number of fused-ring (bicyclic) bond motifs is 2. The Morgan fingerprint density at radius 2 is 2.10 bits per heavy atom. The van der Waals surface area contributed by atoms with Crippen LogP contribution in [-0.4, -0.2) is 29.7 Å². The summed E-state index contributed by atoms with van der Waals surface area (Å²) in [6.45, 7) is 2.23. The van der Waals surface area contributed by atoms with Crippen LogP contribution in [0.25, 0.3) is 0 Å². The summed E-state index contributed by atoms with van der Waals surface area (Å²) in [5.74, 6) is 0. The van der Waals surface area contributed by atoms with E-state index in [0.29, 0.717) is 18.4 Å². The van der Waals surface area contributed by atoms with Crippen LogP contribution in [0, 0.1) is 0 Å². The molecule has 3 N–H and O–H groups in total. The zero-order chi connectivity index (χ0) is 7.14. The van der Waals surface area contributed by atoms with Crippen molar-refractivity contribution in [2.75, 3.05) is 6.66 Å². The fourth-order valence-corrected chi connectivity index (χ4v) is 2.85. The van der Waals surface area contributed by atoms with Gasteiger partial charge in [0.2, 0.25) is 0 Å². The third-order valence-electron chi connectivity index (χ3n) is 2.37. The van der Waals surface area contributed by atoms with Crippen LogP contribution in [0.2, 0.25) is 0 Å². The van der Waals surface area contributed by atoms with E-state index in [4.69, 9.17) is 5.73 Å². The van der Waals surface area contributed by atoms with Gasteiger partial charge in [-0.15, -0.1) is 0 Å². The van der Waals surface area contributed by atoms with E-state index in [2.05, 4.69) is 16.7 Å². The first kappa shape index (κ1) is 6.99. The molecule has 3 aliphatic rings. The molecular formula is C6H14N3P. The molecule has 3 heterocycles. The van der Waals surface area contributed by atoms with E-state index in [1.165, 1.54) is 0 Å². The van der Waals surface area contributed by atoms with E-state index < -0.39 is 0 Å². The van der Waals surface area contributed by atoms with E-state index in [1.807, 2.05) is 0 Å². The van der Waals surface area contributed by atoms with E-state index in [0.717, 1.165) is 21.6 Å². The predicted molar refractivity (Wildman–Crippen MR) is 44.0 cm³/mol. The third kappa shape index (κ3) is 0.892. The van der Waals surface area contributed by atoms with E-state index in [-0.39, 0.29) is 0 Å². The van der Waals surface area contributed by atoms with Gasteiger partial charge >= 0.3 is 0 Å². The highest BCUT2D eigenvalue weighted by atomic mass is 31.1. The van der Waals surface area contributed by atoms with Crippen LogP contribution in [0.4, 0.5) is 0 Å². The molecule has 0 saturated carbocycles. The number of hydrogen-bond acceptors (Lipinski definition) is 3. The first-order valence-electron chi connectivity index (χ1n) is 3.78. The second-order valence-electron chi connectivity index (χ2n) is 3.06. The van der Waals surface area contributed by atoms with Crippen molar-refractivity contribution in [2.24, 2.45) is 5.73 Å².